The van der Waals surface area contributed by atoms with E-state index >= 15 is 0 Å². The lowest BCUT2D eigenvalue weighted by molar-refractivity contribution is -0.118. The van der Waals surface area contributed by atoms with Gasteiger partial charge in [0.1, 0.15) is 0 Å². The number of carbonyl (C=O) groups is 2. The maximum atomic E-state index is 12.6. The number of anilines is 1. The number of nitrogens with one attached hydrogen (secondary N) is 1. The topological polar surface area (TPSA) is 93.9 Å². The first kappa shape index (κ1) is 17.4. The number of morpholine rings is 1. The van der Waals surface area contributed by atoms with Crippen LogP contribution in [0.15, 0.2) is 24.3 Å². The Morgan fingerprint density at radius 3 is 2.70 bits per heavy atom. The molecule has 1 aromatic rings. The largest absolute Gasteiger partial charge is 0.380 e. The Labute approximate surface area is 135 Å². The van der Waals surface area contributed by atoms with Crippen molar-refractivity contribution < 1.29 is 19.1 Å². The van der Waals surface area contributed by atoms with Crippen molar-refractivity contribution in [3.05, 3.63) is 29.8 Å². The van der Waals surface area contributed by atoms with Crippen molar-refractivity contribution >= 4 is 17.5 Å². The van der Waals surface area contributed by atoms with Crippen LogP contribution in [0.2, 0.25) is 0 Å². The summed E-state index contributed by atoms with van der Waals surface area (Å²) in [5.74, 6) is -0.337. The highest BCUT2D eigenvalue weighted by molar-refractivity contribution is 6.03. The number of benzene rings is 1. The molecule has 1 aromatic carbocycles. The maximum absolute atomic E-state index is 12.6. The van der Waals surface area contributed by atoms with Gasteiger partial charge in [0.15, 0.2) is 0 Å². The molecule has 1 heterocycles. The molecule has 1 unspecified atom stereocenters. The van der Waals surface area contributed by atoms with Crippen LogP contribution in [-0.4, -0.2) is 62.8 Å². The van der Waals surface area contributed by atoms with Gasteiger partial charge < -0.3 is 25.4 Å². The highest BCUT2D eigenvalue weighted by atomic mass is 16.5. The van der Waals surface area contributed by atoms with Crippen LogP contribution in [0.1, 0.15) is 16.8 Å². The Bertz CT molecular complexity index is 540. The molecule has 1 aliphatic heterocycles. The first-order chi connectivity index (χ1) is 11.2. The monoisotopic (exact) mass is 321 g/mol. The number of para-hydroxylation sites is 1. The van der Waals surface area contributed by atoms with Crippen LogP contribution in [-0.2, 0) is 14.3 Å². The van der Waals surface area contributed by atoms with Gasteiger partial charge in [-0.1, -0.05) is 12.1 Å². The lowest BCUT2D eigenvalue weighted by Gasteiger charge is -2.27. The highest BCUT2D eigenvalue weighted by Crippen LogP contribution is 2.18. The molecule has 1 aliphatic rings. The SMILES string of the molecule is COC(CN)CC(=O)Nc1ccccc1C(=O)N1CCOCC1. The van der Waals surface area contributed by atoms with Gasteiger partial charge in [-0.05, 0) is 12.1 Å². The van der Waals surface area contributed by atoms with Gasteiger partial charge in [-0.3, -0.25) is 9.59 Å². The molecule has 7 nitrogen and oxygen atoms in total. The summed E-state index contributed by atoms with van der Waals surface area (Å²) in [5, 5.41) is 2.78. The van der Waals surface area contributed by atoms with Crippen molar-refractivity contribution in [1.82, 2.24) is 4.90 Å². The van der Waals surface area contributed by atoms with E-state index in [2.05, 4.69) is 5.32 Å². The molecule has 0 bridgehead atoms. The van der Waals surface area contributed by atoms with Crippen molar-refractivity contribution in [3.8, 4) is 0 Å². The van der Waals surface area contributed by atoms with E-state index in [1.165, 1.54) is 7.11 Å². The summed E-state index contributed by atoms with van der Waals surface area (Å²) in [6, 6.07) is 6.99. The van der Waals surface area contributed by atoms with Crippen molar-refractivity contribution in [2.75, 3.05) is 45.3 Å². The molecular weight excluding hydrogens is 298 g/mol. The van der Waals surface area contributed by atoms with Crippen molar-refractivity contribution in [2.45, 2.75) is 12.5 Å². The molecule has 7 heteroatoms. The molecule has 1 fully saturated rings. The number of hydrogen-bond acceptors (Lipinski definition) is 5. The lowest BCUT2D eigenvalue weighted by Crippen LogP contribution is -2.41. The standard InChI is InChI=1S/C16H23N3O4/c1-22-12(11-17)10-15(20)18-14-5-3-2-4-13(14)16(21)19-6-8-23-9-7-19/h2-5,12H,6-11,17H2,1H3,(H,18,20). The van der Waals surface area contributed by atoms with Crippen LogP contribution >= 0.6 is 0 Å². The number of ether oxygens (including phenoxy) is 2. The van der Waals surface area contributed by atoms with E-state index in [-0.39, 0.29) is 30.9 Å². The zero-order chi connectivity index (χ0) is 16.7. The molecular formula is C16H23N3O4. The van der Waals surface area contributed by atoms with Gasteiger partial charge in [0.2, 0.25) is 5.91 Å². The third-order valence-electron chi connectivity index (χ3n) is 3.74. The zero-order valence-corrected chi connectivity index (χ0v) is 13.3. The Balaban J connectivity index is 2.07. The van der Waals surface area contributed by atoms with E-state index in [1.54, 1.807) is 29.2 Å². The summed E-state index contributed by atoms with van der Waals surface area (Å²) in [7, 11) is 1.51. The number of nitrogens with zero attached hydrogens (tertiary/aromatic N) is 1. The average molecular weight is 321 g/mol. The second-order valence-corrected chi connectivity index (χ2v) is 5.30. The van der Waals surface area contributed by atoms with Gasteiger partial charge >= 0.3 is 0 Å². The summed E-state index contributed by atoms with van der Waals surface area (Å²) in [4.78, 5) is 26.4. The molecule has 0 aliphatic carbocycles. The fourth-order valence-corrected chi connectivity index (χ4v) is 2.39. The number of nitrogens with two attached hydrogens (primary N) is 1. The second-order valence-electron chi connectivity index (χ2n) is 5.30. The van der Waals surface area contributed by atoms with Crippen LogP contribution in [0.5, 0.6) is 0 Å². The Morgan fingerprint density at radius 1 is 1.35 bits per heavy atom. The van der Waals surface area contributed by atoms with Crippen molar-refractivity contribution in [3.63, 3.8) is 0 Å². The average Bonchev–Trinajstić information content (AvgIpc) is 2.60. The molecule has 1 saturated heterocycles. The fraction of sp³-hybridized carbons (Fsp3) is 0.500. The molecule has 23 heavy (non-hydrogen) atoms. The van der Waals surface area contributed by atoms with E-state index in [4.69, 9.17) is 15.2 Å². The molecule has 3 N–H and O–H groups in total. The van der Waals surface area contributed by atoms with Crippen LogP contribution in [0.25, 0.3) is 0 Å². The number of rotatable bonds is 6. The first-order valence-electron chi connectivity index (χ1n) is 7.64. The summed E-state index contributed by atoms with van der Waals surface area (Å²) in [6.45, 7) is 2.44. The van der Waals surface area contributed by atoms with Gasteiger partial charge in [-0.2, -0.15) is 0 Å². The van der Waals surface area contributed by atoms with Gasteiger partial charge in [0.25, 0.3) is 5.91 Å². The van der Waals surface area contributed by atoms with E-state index in [9.17, 15) is 9.59 Å². The van der Waals surface area contributed by atoms with E-state index in [0.717, 1.165) is 0 Å². The predicted molar refractivity (Wildman–Crippen MR) is 86.3 cm³/mol. The maximum Gasteiger partial charge on any atom is 0.256 e. The predicted octanol–water partition coefficient (Wildman–Crippen LogP) is 0.461. The minimum absolute atomic E-state index is 0.105. The number of carbonyl (C=O) groups excluding carboxylic acids is 2. The molecule has 2 rings (SSSR count). The van der Waals surface area contributed by atoms with Crippen LogP contribution in [0, 0.1) is 0 Å². The number of methoxy groups -OCH3 is 1. The van der Waals surface area contributed by atoms with Gasteiger partial charge in [0, 0.05) is 26.7 Å². The molecule has 0 spiro atoms. The van der Waals surface area contributed by atoms with E-state index in [0.29, 0.717) is 37.6 Å². The fourth-order valence-electron chi connectivity index (χ4n) is 2.39. The molecule has 1 atom stereocenters. The number of amides is 2. The van der Waals surface area contributed by atoms with Crippen LogP contribution in [0.4, 0.5) is 5.69 Å². The smallest absolute Gasteiger partial charge is 0.256 e. The second kappa shape index (κ2) is 8.61. The lowest BCUT2D eigenvalue weighted by atomic mass is 10.1. The molecule has 0 radical (unpaired) electrons. The zero-order valence-electron chi connectivity index (χ0n) is 13.3. The van der Waals surface area contributed by atoms with Crippen molar-refractivity contribution in [2.24, 2.45) is 5.73 Å². The normalized spacial score (nSPS) is 16.0. The Hall–Kier alpha value is -1.96. The Kier molecular flexibility index (Phi) is 6.52. The van der Waals surface area contributed by atoms with Crippen molar-refractivity contribution in [1.29, 1.82) is 0 Å². The summed E-state index contributed by atoms with van der Waals surface area (Å²) in [6.07, 6.45) is -0.190. The van der Waals surface area contributed by atoms with Crippen LogP contribution in [0.3, 0.4) is 0 Å². The molecule has 2 amide bonds. The third-order valence-corrected chi connectivity index (χ3v) is 3.74. The highest BCUT2D eigenvalue weighted by Gasteiger charge is 2.22. The Morgan fingerprint density at radius 2 is 2.04 bits per heavy atom. The summed E-state index contributed by atoms with van der Waals surface area (Å²) in [5.41, 5.74) is 6.50. The van der Waals surface area contributed by atoms with Gasteiger partial charge in [-0.25, -0.2) is 0 Å². The van der Waals surface area contributed by atoms with E-state index in [1.807, 2.05) is 0 Å². The summed E-state index contributed by atoms with van der Waals surface area (Å²) >= 11 is 0. The first-order valence-corrected chi connectivity index (χ1v) is 7.64. The number of hydrogen-bond donors (Lipinski definition) is 2. The third kappa shape index (κ3) is 4.75. The van der Waals surface area contributed by atoms with Gasteiger partial charge in [0.05, 0.1) is 37.0 Å². The molecule has 126 valence electrons. The minimum Gasteiger partial charge on any atom is -0.380 e. The molecule has 0 saturated carbocycles. The van der Waals surface area contributed by atoms with Gasteiger partial charge in [-0.15, -0.1) is 0 Å². The van der Waals surface area contributed by atoms with E-state index < -0.39 is 0 Å². The minimum atomic E-state index is -0.336. The quantitative estimate of drug-likeness (QED) is 0.794. The van der Waals surface area contributed by atoms with Crippen LogP contribution < -0.4 is 11.1 Å². The molecule has 0 aromatic heterocycles. The summed E-state index contributed by atoms with van der Waals surface area (Å²) < 4.78 is 10.4.